The molecule has 1 saturated heterocycles. The van der Waals surface area contributed by atoms with Crippen molar-refractivity contribution in [3.8, 4) is 0 Å². The highest BCUT2D eigenvalue weighted by molar-refractivity contribution is 5.22. The van der Waals surface area contributed by atoms with E-state index in [2.05, 4.69) is 34.5 Å². The summed E-state index contributed by atoms with van der Waals surface area (Å²) in [4.78, 5) is 2.57. The summed E-state index contributed by atoms with van der Waals surface area (Å²) >= 11 is 0. The van der Waals surface area contributed by atoms with Gasteiger partial charge in [-0.1, -0.05) is 24.3 Å². The Morgan fingerprint density at radius 2 is 1.79 bits per heavy atom. The Bertz CT molecular complexity index is 356. The topological polar surface area (TPSA) is 24.5 Å². The fraction of sp³-hybridized carbons (Fsp3) is 0.625. The van der Waals surface area contributed by atoms with Crippen molar-refractivity contribution in [2.75, 3.05) is 33.8 Å². The van der Waals surface area contributed by atoms with Crippen LogP contribution in [0.2, 0.25) is 0 Å². The third kappa shape index (κ3) is 4.60. The molecule has 0 aromatic heterocycles. The Balaban J connectivity index is 1.78. The van der Waals surface area contributed by atoms with Crippen LogP contribution in [-0.2, 0) is 17.9 Å². The molecule has 0 amide bonds. The molecule has 1 aromatic rings. The van der Waals surface area contributed by atoms with E-state index in [9.17, 15) is 0 Å². The first-order chi connectivity index (χ1) is 9.31. The first kappa shape index (κ1) is 14.5. The van der Waals surface area contributed by atoms with Gasteiger partial charge in [0, 0.05) is 13.7 Å². The summed E-state index contributed by atoms with van der Waals surface area (Å²) in [5.41, 5.74) is 2.66. The largest absolute Gasteiger partial charge is 0.380 e. The lowest BCUT2D eigenvalue weighted by molar-refractivity contribution is 0.176. The number of methoxy groups -OCH3 is 1. The fourth-order valence-corrected chi connectivity index (χ4v) is 2.80. The molecule has 1 aromatic carbocycles. The van der Waals surface area contributed by atoms with Crippen molar-refractivity contribution >= 4 is 0 Å². The summed E-state index contributed by atoms with van der Waals surface area (Å²) in [7, 11) is 3.79. The molecule has 1 heterocycles. The minimum atomic E-state index is 0.704. The average Bonchev–Trinajstić information content (AvgIpc) is 2.44. The molecule has 1 aliphatic heterocycles. The van der Waals surface area contributed by atoms with Crippen molar-refractivity contribution in [1.29, 1.82) is 0 Å². The van der Waals surface area contributed by atoms with Gasteiger partial charge >= 0.3 is 0 Å². The van der Waals surface area contributed by atoms with Crippen LogP contribution in [0.1, 0.15) is 24.0 Å². The molecule has 0 saturated carbocycles. The normalized spacial score (nSPS) is 17.8. The summed E-state index contributed by atoms with van der Waals surface area (Å²) in [6, 6.07) is 8.81. The van der Waals surface area contributed by atoms with Crippen molar-refractivity contribution in [1.82, 2.24) is 10.2 Å². The van der Waals surface area contributed by atoms with E-state index in [4.69, 9.17) is 4.74 Å². The van der Waals surface area contributed by atoms with Crippen LogP contribution >= 0.6 is 0 Å². The van der Waals surface area contributed by atoms with Crippen LogP contribution in [-0.4, -0.2) is 38.7 Å². The van der Waals surface area contributed by atoms with Gasteiger partial charge in [0.1, 0.15) is 0 Å². The second kappa shape index (κ2) is 7.63. The van der Waals surface area contributed by atoms with E-state index in [0.717, 1.165) is 12.5 Å². The fourth-order valence-electron chi connectivity index (χ4n) is 2.80. The summed E-state index contributed by atoms with van der Waals surface area (Å²) in [5.74, 6) is 0.866. The van der Waals surface area contributed by atoms with Gasteiger partial charge in [-0.15, -0.1) is 0 Å². The quantitative estimate of drug-likeness (QED) is 0.851. The van der Waals surface area contributed by atoms with Crippen LogP contribution in [0.3, 0.4) is 0 Å². The molecule has 2 rings (SSSR count). The van der Waals surface area contributed by atoms with Crippen LogP contribution in [0.4, 0.5) is 0 Å². The maximum absolute atomic E-state index is 5.14. The van der Waals surface area contributed by atoms with E-state index >= 15 is 0 Å². The van der Waals surface area contributed by atoms with Crippen LogP contribution in [0.15, 0.2) is 24.3 Å². The molecule has 3 nitrogen and oxygen atoms in total. The standard InChI is InChI=1S/C16H26N2O/c1-17-11-14-7-9-18(10-8-14)12-15-3-5-16(6-4-15)13-19-2/h3-6,14,17H,7-13H2,1-2H3. The predicted molar refractivity (Wildman–Crippen MR) is 79.1 cm³/mol. The number of likely N-dealkylation sites (tertiary alicyclic amines) is 1. The zero-order valence-electron chi connectivity index (χ0n) is 12.2. The molecule has 1 N–H and O–H groups in total. The Hall–Kier alpha value is -0.900. The van der Waals surface area contributed by atoms with Gasteiger partial charge in [-0.25, -0.2) is 0 Å². The number of nitrogens with one attached hydrogen (secondary N) is 1. The second-order valence-corrected chi connectivity index (χ2v) is 5.53. The molecule has 106 valence electrons. The molecule has 1 aliphatic rings. The SMILES string of the molecule is CNCC1CCN(Cc2ccc(COC)cc2)CC1. The molecule has 0 unspecified atom stereocenters. The molecule has 0 spiro atoms. The number of nitrogens with zero attached hydrogens (tertiary/aromatic N) is 1. The van der Waals surface area contributed by atoms with E-state index in [-0.39, 0.29) is 0 Å². The molecule has 0 aliphatic carbocycles. The van der Waals surface area contributed by atoms with Gasteiger partial charge in [-0.2, -0.15) is 0 Å². The van der Waals surface area contributed by atoms with Gasteiger partial charge in [0.15, 0.2) is 0 Å². The first-order valence-corrected chi connectivity index (χ1v) is 7.25. The van der Waals surface area contributed by atoms with Crippen molar-refractivity contribution < 1.29 is 4.74 Å². The van der Waals surface area contributed by atoms with E-state index < -0.39 is 0 Å². The lowest BCUT2D eigenvalue weighted by Gasteiger charge is -2.31. The zero-order chi connectivity index (χ0) is 13.5. The van der Waals surface area contributed by atoms with Crippen molar-refractivity contribution in [2.24, 2.45) is 5.92 Å². The molecular weight excluding hydrogens is 236 g/mol. The Morgan fingerprint density at radius 1 is 1.16 bits per heavy atom. The van der Waals surface area contributed by atoms with E-state index in [1.807, 2.05) is 7.05 Å². The third-order valence-electron chi connectivity index (χ3n) is 3.94. The Labute approximate surface area is 116 Å². The Morgan fingerprint density at radius 3 is 2.37 bits per heavy atom. The number of rotatable bonds is 6. The minimum absolute atomic E-state index is 0.704. The number of piperidine rings is 1. The highest BCUT2D eigenvalue weighted by atomic mass is 16.5. The van der Waals surface area contributed by atoms with Gasteiger partial charge < -0.3 is 10.1 Å². The summed E-state index contributed by atoms with van der Waals surface area (Å²) in [6.45, 7) is 5.41. The van der Waals surface area contributed by atoms with Gasteiger partial charge in [0.2, 0.25) is 0 Å². The van der Waals surface area contributed by atoms with Crippen molar-refractivity contribution in [3.05, 3.63) is 35.4 Å². The predicted octanol–water partition coefficient (Wildman–Crippen LogP) is 2.26. The van der Waals surface area contributed by atoms with Crippen LogP contribution in [0.25, 0.3) is 0 Å². The molecular formula is C16H26N2O. The smallest absolute Gasteiger partial charge is 0.0713 e. The lowest BCUT2D eigenvalue weighted by atomic mass is 9.96. The zero-order valence-corrected chi connectivity index (χ0v) is 12.2. The minimum Gasteiger partial charge on any atom is -0.380 e. The highest BCUT2D eigenvalue weighted by Gasteiger charge is 2.18. The maximum atomic E-state index is 5.14. The van der Waals surface area contributed by atoms with E-state index in [1.165, 1.54) is 43.6 Å². The lowest BCUT2D eigenvalue weighted by Crippen LogP contribution is -2.36. The number of ether oxygens (including phenoxy) is 1. The van der Waals surface area contributed by atoms with E-state index in [0.29, 0.717) is 6.61 Å². The molecule has 1 fully saturated rings. The first-order valence-electron chi connectivity index (χ1n) is 7.25. The molecule has 0 atom stereocenters. The van der Waals surface area contributed by atoms with E-state index in [1.54, 1.807) is 7.11 Å². The third-order valence-corrected chi connectivity index (χ3v) is 3.94. The van der Waals surface area contributed by atoms with Crippen LogP contribution in [0, 0.1) is 5.92 Å². The van der Waals surface area contributed by atoms with Crippen molar-refractivity contribution in [2.45, 2.75) is 26.0 Å². The molecule has 0 radical (unpaired) electrons. The monoisotopic (exact) mass is 262 g/mol. The molecule has 0 bridgehead atoms. The summed E-state index contributed by atoms with van der Waals surface area (Å²) in [6.07, 6.45) is 2.64. The van der Waals surface area contributed by atoms with Crippen molar-refractivity contribution in [3.63, 3.8) is 0 Å². The molecule has 3 heteroatoms. The maximum Gasteiger partial charge on any atom is 0.0713 e. The van der Waals surface area contributed by atoms with Gasteiger partial charge in [0.05, 0.1) is 6.61 Å². The molecule has 19 heavy (non-hydrogen) atoms. The highest BCUT2D eigenvalue weighted by Crippen LogP contribution is 2.18. The summed E-state index contributed by atoms with van der Waals surface area (Å²) < 4.78 is 5.14. The van der Waals surface area contributed by atoms with Gasteiger partial charge in [-0.05, 0) is 56.6 Å². The van der Waals surface area contributed by atoms with Crippen LogP contribution < -0.4 is 5.32 Å². The number of benzene rings is 1. The summed E-state index contributed by atoms with van der Waals surface area (Å²) in [5, 5.41) is 3.29. The Kier molecular flexibility index (Phi) is 5.83. The van der Waals surface area contributed by atoms with Crippen LogP contribution in [0.5, 0.6) is 0 Å². The number of hydrogen-bond donors (Lipinski definition) is 1. The number of hydrogen-bond acceptors (Lipinski definition) is 3. The average molecular weight is 262 g/mol. The van der Waals surface area contributed by atoms with Gasteiger partial charge in [0.25, 0.3) is 0 Å². The second-order valence-electron chi connectivity index (χ2n) is 5.53. The van der Waals surface area contributed by atoms with Gasteiger partial charge in [-0.3, -0.25) is 4.90 Å².